The zero-order chi connectivity index (χ0) is 20.7. The lowest BCUT2D eigenvalue weighted by molar-refractivity contribution is -0.154. The zero-order valence-corrected chi connectivity index (χ0v) is 15.2. The summed E-state index contributed by atoms with van der Waals surface area (Å²) in [4.78, 5) is 15.7. The molecule has 152 valence electrons. The van der Waals surface area contributed by atoms with Crippen molar-refractivity contribution in [3.8, 4) is 11.6 Å². The predicted octanol–water partition coefficient (Wildman–Crippen LogP) is 3.21. The minimum atomic E-state index is -4.44. The number of benzene rings is 1. The number of urea groups is 1. The van der Waals surface area contributed by atoms with Crippen LogP contribution in [-0.2, 0) is 13.1 Å². The lowest BCUT2D eigenvalue weighted by atomic mass is 10.2. The highest BCUT2D eigenvalue weighted by atomic mass is 19.4. The highest BCUT2D eigenvalue weighted by Crippen LogP contribution is 2.17. The highest BCUT2D eigenvalue weighted by Gasteiger charge is 2.28. The van der Waals surface area contributed by atoms with Gasteiger partial charge in [0, 0.05) is 37.7 Å². The smallest absolute Gasteiger partial charge is 0.422 e. The molecule has 0 saturated heterocycles. The minimum absolute atomic E-state index is 0.115. The monoisotopic (exact) mass is 405 g/mol. The summed E-state index contributed by atoms with van der Waals surface area (Å²) in [5.74, 6) is -0.155. The topological polar surface area (TPSA) is 81.1 Å². The molecule has 0 bridgehead atoms. The number of amides is 2. The van der Waals surface area contributed by atoms with Crippen LogP contribution in [-0.4, -0.2) is 33.6 Å². The SMILES string of the molecule is O=C(NCc1cccc(-n2cccn2)c1)NCc1ccnc(OCC(F)(F)F)c1. The van der Waals surface area contributed by atoms with Crippen LogP contribution >= 0.6 is 0 Å². The summed E-state index contributed by atoms with van der Waals surface area (Å²) in [5.41, 5.74) is 2.32. The second-order valence-corrected chi connectivity index (χ2v) is 6.06. The molecular formula is C19H18F3N5O2. The molecule has 0 fully saturated rings. The van der Waals surface area contributed by atoms with Gasteiger partial charge in [0.2, 0.25) is 5.88 Å². The van der Waals surface area contributed by atoms with Crippen molar-refractivity contribution in [2.24, 2.45) is 0 Å². The van der Waals surface area contributed by atoms with E-state index in [2.05, 4.69) is 25.5 Å². The zero-order valence-electron chi connectivity index (χ0n) is 15.2. The molecule has 0 saturated carbocycles. The van der Waals surface area contributed by atoms with Gasteiger partial charge >= 0.3 is 12.2 Å². The summed E-state index contributed by atoms with van der Waals surface area (Å²) < 4.78 is 42.9. The van der Waals surface area contributed by atoms with Crippen molar-refractivity contribution in [2.45, 2.75) is 19.3 Å². The van der Waals surface area contributed by atoms with Crippen LogP contribution in [0.25, 0.3) is 5.69 Å². The third-order valence-corrected chi connectivity index (χ3v) is 3.77. The highest BCUT2D eigenvalue weighted by molar-refractivity contribution is 5.73. The molecule has 0 aliphatic heterocycles. The first-order valence-electron chi connectivity index (χ1n) is 8.64. The molecule has 1 aromatic carbocycles. The number of carbonyl (C=O) groups excluding carboxylic acids is 1. The summed E-state index contributed by atoms with van der Waals surface area (Å²) in [6.07, 6.45) is 0.379. The molecule has 2 amide bonds. The molecule has 2 heterocycles. The number of carbonyl (C=O) groups is 1. The van der Waals surface area contributed by atoms with Gasteiger partial charge < -0.3 is 15.4 Å². The fourth-order valence-electron chi connectivity index (χ4n) is 2.45. The van der Waals surface area contributed by atoms with E-state index in [-0.39, 0.29) is 12.4 Å². The molecule has 0 spiro atoms. The first-order valence-corrected chi connectivity index (χ1v) is 8.64. The maximum absolute atomic E-state index is 12.2. The van der Waals surface area contributed by atoms with Crippen LogP contribution < -0.4 is 15.4 Å². The van der Waals surface area contributed by atoms with Crippen molar-refractivity contribution in [3.05, 3.63) is 72.2 Å². The van der Waals surface area contributed by atoms with Gasteiger partial charge in [0.15, 0.2) is 6.61 Å². The molecule has 0 unspecified atom stereocenters. The van der Waals surface area contributed by atoms with Crippen molar-refractivity contribution < 1.29 is 22.7 Å². The lowest BCUT2D eigenvalue weighted by Gasteiger charge is -2.11. The van der Waals surface area contributed by atoms with Crippen LogP contribution in [0.4, 0.5) is 18.0 Å². The Hall–Kier alpha value is -3.56. The summed E-state index contributed by atoms with van der Waals surface area (Å²) in [6.45, 7) is -1.00. The number of hydrogen-bond acceptors (Lipinski definition) is 4. The lowest BCUT2D eigenvalue weighted by Crippen LogP contribution is -2.34. The number of hydrogen-bond donors (Lipinski definition) is 2. The van der Waals surface area contributed by atoms with Crippen LogP contribution in [0, 0.1) is 0 Å². The predicted molar refractivity (Wildman–Crippen MR) is 98.4 cm³/mol. The summed E-state index contributed by atoms with van der Waals surface area (Å²) >= 11 is 0. The molecule has 10 heteroatoms. The second-order valence-electron chi connectivity index (χ2n) is 6.06. The molecule has 29 heavy (non-hydrogen) atoms. The van der Waals surface area contributed by atoms with Gasteiger partial charge in [-0.25, -0.2) is 14.5 Å². The van der Waals surface area contributed by atoms with Crippen LogP contribution in [0.2, 0.25) is 0 Å². The fourth-order valence-corrected chi connectivity index (χ4v) is 2.45. The van der Waals surface area contributed by atoms with Gasteiger partial charge in [-0.05, 0) is 35.4 Å². The van der Waals surface area contributed by atoms with E-state index in [4.69, 9.17) is 0 Å². The Labute approximate surface area is 164 Å². The number of nitrogens with zero attached hydrogens (tertiary/aromatic N) is 3. The molecule has 2 aromatic heterocycles. The average Bonchev–Trinajstić information content (AvgIpc) is 3.24. The van der Waals surface area contributed by atoms with Gasteiger partial charge in [-0.1, -0.05) is 12.1 Å². The Bertz CT molecular complexity index is 945. The third-order valence-electron chi connectivity index (χ3n) is 3.77. The van der Waals surface area contributed by atoms with Gasteiger partial charge in [0.25, 0.3) is 0 Å². The normalized spacial score (nSPS) is 11.1. The Morgan fingerprint density at radius 2 is 1.79 bits per heavy atom. The molecular weight excluding hydrogens is 387 g/mol. The van der Waals surface area contributed by atoms with Crippen LogP contribution in [0.3, 0.4) is 0 Å². The Balaban J connectivity index is 1.47. The molecule has 0 aliphatic carbocycles. The summed E-state index contributed by atoms with van der Waals surface area (Å²) in [6, 6.07) is 11.9. The maximum Gasteiger partial charge on any atom is 0.422 e. The van der Waals surface area contributed by atoms with Gasteiger partial charge in [0.05, 0.1) is 5.69 Å². The largest absolute Gasteiger partial charge is 0.468 e. The van der Waals surface area contributed by atoms with E-state index in [1.165, 1.54) is 12.3 Å². The third kappa shape index (κ3) is 6.52. The molecule has 7 nitrogen and oxygen atoms in total. The molecule has 2 N–H and O–H groups in total. The Morgan fingerprint density at radius 3 is 2.48 bits per heavy atom. The fraction of sp³-hybridized carbons (Fsp3) is 0.211. The number of halogens is 3. The van der Waals surface area contributed by atoms with E-state index in [0.717, 1.165) is 11.3 Å². The minimum Gasteiger partial charge on any atom is -0.468 e. The van der Waals surface area contributed by atoms with Gasteiger partial charge in [0.1, 0.15) is 0 Å². The van der Waals surface area contributed by atoms with Gasteiger partial charge in [-0.15, -0.1) is 0 Å². The summed E-state index contributed by atoms with van der Waals surface area (Å²) in [5, 5.41) is 9.52. The van der Waals surface area contributed by atoms with E-state index >= 15 is 0 Å². The van der Waals surface area contributed by atoms with E-state index in [9.17, 15) is 18.0 Å². The molecule has 0 radical (unpaired) electrons. The molecule has 3 aromatic rings. The van der Waals surface area contributed by atoms with E-state index in [0.29, 0.717) is 12.1 Å². The quantitative estimate of drug-likeness (QED) is 0.633. The molecule has 0 aliphatic rings. The van der Waals surface area contributed by atoms with Gasteiger partial charge in [-0.3, -0.25) is 0 Å². The average molecular weight is 405 g/mol. The van der Waals surface area contributed by atoms with Crippen molar-refractivity contribution in [1.29, 1.82) is 0 Å². The molecule has 0 atom stereocenters. The standard InChI is InChI=1S/C19H18F3N5O2/c20-19(21,22)13-29-17-10-15(5-7-23-17)12-25-18(28)24-11-14-3-1-4-16(9-14)27-8-2-6-26-27/h1-10H,11-13H2,(H2,24,25,28). The van der Waals surface area contributed by atoms with Crippen LogP contribution in [0.1, 0.15) is 11.1 Å². The number of rotatable bonds is 7. The second kappa shape index (κ2) is 9.09. The number of ether oxygens (including phenoxy) is 1. The molecule has 3 rings (SSSR count). The summed E-state index contributed by atoms with van der Waals surface area (Å²) in [7, 11) is 0. The Morgan fingerprint density at radius 1 is 1.03 bits per heavy atom. The van der Waals surface area contributed by atoms with Crippen molar-refractivity contribution >= 4 is 6.03 Å². The van der Waals surface area contributed by atoms with Crippen LogP contribution in [0.5, 0.6) is 5.88 Å². The number of nitrogens with one attached hydrogen (secondary N) is 2. The van der Waals surface area contributed by atoms with Crippen LogP contribution in [0.15, 0.2) is 61.1 Å². The van der Waals surface area contributed by atoms with Crippen molar-refractivity contribution in [2.75, 3.05) is 6.61 Å². The number of alkyl halides is 3. The van der Waals surface area contributed by atoms with E-state index in [1.807, 2.05) is 36.5 Å². The van der Waals surface area contributed by atoms with Crippen molar-refractivity contribution in [3.63, 3.8) is 0 Å². The van der Waals surface area contributed by atoms with Crippen molar-refractivity contribution in [1.82, 2.24) is 25.4 Å². The number of pyridine rings is 1. The number of aromatic nitrogens is 3. The van der Waals surface area contributed by atoms with E-state index in [1.54, 1.807) is 16.9 Å². The van der Waals surface area contributed by atoms with Gasteiger partial charge in [-0.2, -0.15) is 18.3 Å². The van der Waals surface area contributed by atoms with E-state index < -0.39 is 18.8 Å². The first kappa shape index (κ1) is 20.2. The Kier molecular flexibility index (Phi) is 6.32. The maximum atomic E-state index is 12.2. The first-order chi connectivity index (χ1) is 13.9.